The van der Waals surface area contributed by atoms with Crippen LogP contribution in [0.3, 0.4) is 0 Å². The molecule has 0 radical (unpaired) electrons. The number of likely N-dealkylation sites (tertiary alicyclic amines) is 1. The molecule has 1 unspecified atom stereocenters. The van der Waals surface area contributed by atoms with Gasteiger partial charge in [-0.15, -0.1) is 11.3 Å². The second-order valence-corrected chi connectivity index (χ2v) is 9.59. The number of amides is 1. The van der Waals surface area contributed by atoms with Gasteiger partial charge >= 0.3 is 0 Å². The first-order valence-corrected chi connectivity index (χ1v) is 12.2. The monoisotopic (exact) mass is 461 g/mol. The Balaban J connectivity index is 1.40. The summed E-state index contributed by atoms with van der Waals surface area (Å²) in [5, 5.41) is 2.02. The minimum absolute atomic E-state index is 0.145. The molecule has 4 rings (SSSR count). The standard InChI is InChI=1S/C24H32FN3O3S/c1-27(8-3-11-30-2)23(29)19(12-21-16-32-17-26-21)14-28-9-6-24(7-10-28)22-13-20(25)5-4-18(22)15-31-24/h4-5,13,16-17,19H,3,6-12,14-15H2,1-2H3. The van der Waals surface area contributed by atoms with Gasteiger partial charge in [-0.2, -0.15) is 0 Å². The van der Waals surface area contributed by atoms with Crippen LogP contribution < -0.4 is 0 Å². The Bertz CT molecular complexity index is 900. The third kappa shape index (κ3) is 5.20. The molecule has 2 aliphatic heterocycles. The van der Waals surface area contributed by atoms with Crippen LogP contribution in [0.25, 0.3) is 0 Å². The van der Waals surface area contributed by atoms with Crippen LogP contribution in [0.1, 0.15) is 36.1 Å². The highest BCUT2D eigenvalue weighted by Gasteiger charge is 2.43. The number of thiazole rings is 1. The fourth-order valence-corrected chi connectivity index (χ4v) is 5.47. The highest BCUT2D eigenvalue weighted by atomic mass is 32.1. The molecule has 1 saturated heterocycles. The summed E-state index contributed by atoms with van der Waals surface area (Å²) in [7, 11) is 3.55. The number of nitrogens with zero attached hydrogens (tertiary/aromatic N) is 3. The molecule has 1 fully saturated rings. The molecule has 1 amide bonds. The number of hydrogen-bond donors (Lipinski definition) is 0. The van der Waals surface area contributed by atoms with E-state index in [0.29, 0.717) is 32.7 Å². The van der Waals surface area contributed by atoms with Gasteiger partial charge in [-0.1, -0.05) is 6.07 Å². The van der Waals surface area contributed by atoms with Crippen molar-refractivity contribution in [2.24, 2.45) is 5.92 Å². The zero-order valence-electron chi connectivity index (χ0n) is 18.9. The fourth-order valence-electron chi connectivity index (χ4n) is 4.90. The summed E-state index contributed by atoms with van der Waals surface area (Å²) >= 11 is 1.56. The summed E-state index contributed by atoms with van der Waals surface area (Å²) in [6.07, 6.45) is 3.08. The van der Waals surface area contributed by atoms with E-state index in [1.165, 1.54) is 6.07 Å². The molecule has 6 nitrogen and oxygen atoms in total. The molecule has 0 saturated carbocycles. The van der Waals surface area contributed by atoms with Crippen molar-refractivity contribution in [2.75, 3.05) is 46.9 Å². The maximum Gasteiger partial charge on any atom is 0.227 e. The lowest BCUT2D eigenvalue weighted by Gasteiger charge is -2.40. The lowest BCUT2D eigenvalue weighted by atomic mass is 9.83. The third-order valence-corrected chi connectivity index (χ3v) is 7.35. The maximum atomic E-state index is 13.9. The highest BCUT2D eigenvalue weighted by molar-refractivity contribution is 7.07. The van der Waals surface area contributed by atoms with Gasteiger partial charge in [0.1, 0.15) is 5.82 Å². The molecular formula is C24H32FN3O3S. The van der Waals surface area contributed by atoms with Crippen molar-refractivity contribution in [1.29, 1.82) is 0 Å². The van der Waals surface area contributed by atoms with Gasteiger partial charge in [0.2, 0.25) is 5.91 Å². The topological polar surface area (TPSA) is 54.9 Å². The molecule has 2 aromatic rings. The van der Waals surface area contributed by atoms with Gasteiger partial charge < -0.3 is 19.3 Å². The number of fused-ring (bicyclic) bond motifs is 2. The smallest absolute Gasteiger partial charge is 0.227 e. The Morgan fingerprint density at radius 2 is 2.22 bits per heavy atom. The largest absolute Gasteiger partial charge is 0.385 e. The average Bonchev–Trinajstić information content (AvgIpc) is 3.43. The average molecular weight is 462 g/mol. The molecule has 1 aromatic heterocycles. The zero-order chi connectivity index (χ0) is 22.6. The number of aromatic nitrogens is 1. The van der Waals surface area contributed by atoms with Crippen molar-refractivity contribution < 1.29 is 18.7 Å². The number of carbonyl (C=O) groups is 1. The van der Waals surface area contributed by atoms with E-state index in [-0.39, 0.29) is 23.2 Å². The molecule has 174 valence electrons. The summed E-state index contributed by atoms with van der Waals surface area (Å²) in [6, 6.07) is 4.99. The number of carbonyl (C=O) groups excluding carboxylic acids is 1. The molecule has 1 atom stereocenters. The molecular weight excluding hydrogens is 429 g/mol. The van der Waals surface area contributed by atoms with Crippen molar-refractivity contribution in [1.82, 2.24) is 14.8 Å². The number of halogens is 1. The van der Waals surface area contributed by atoms with Crippen LogP contribution in [0.15, 0.2) is 29.1 Å². The second kappa shape index (κ2) is 10.4. The van der Waals surface area contributed by atoms with E-state index >= 15 is 0 Å². The van der Waals surface area contributed by atoms with E-state index < -0.39 is 0 Å². The van der Waals surface area contributed by atoms with Crippen molar-refractivity contribution in [3.8, 4) is 0 Å². The number of hydrogen-bond acceptors (Lipinski definition) is 6. The number of benzene rings is 1. The van der Waals surface area contributed by atoms with Crippen molar-refractivity contribution >= 4 is 17.2 Å². The van der Waals surface area contributed by atoms with Crippen LogP contribution in [-0.4, -0.2) is 67.6 Å². The van der Waals surface area contributed by atoms with E-state index in [1.807, 2.05) is 28.9 Å². The SMILES string of the molecule is COCCCN(C)C(=O)C(Cc1cscn1)CN1CCC2(CC1)OCc1ccc(F)cc12. The van der Waals surface area contributed by atoms with E-state index in [4.69, 9.17) is 9.47 Å². The summed E-state index contributed by atoms with van der Waals surface area (Å²) in [5.74, 6) is -0.201. The Kier molecular flexibility index (Phi) is 7.55. The number of rotatable bonds is 9. The molecule has 2 aliphatic rings. The van der Waals surface area contributed by atoms with Crippen molar-refractivity contribution in [3.63, 3.8) is 0 Å². The number of methoxy groups -OCH3 is 1. The van der Waals surface area contributed by atoms with Crippen LogP contribution >= 0.6 is 11.3 Å². The summed E-state index contributed by atoms with van der Waals surface area (Å²) in [6.45, 7) is 4.21. The zero-order valence-corrected chi connectivity index (χ0v) is 19.7. The first-order chi connectivity index (χ1) is 15.5. The van der Waals surface area contributed by atoms with Crippen molar-refractivity contribution in [3.05, 3.63) is 51.7 Å². The van der Waals surface area contributed by atoms with Gasteiger partial charge in [0, 0.05) is 58.7 Å². The van der Waals surface area contributed by atoms with E-state index in [9.17, 15) is 9.18 Å². The predicted octanol–water partition coefficient (Wildman–Crippen LogP) is 3.46. The minimum atomic E-state index is -0.390. The Hall–Kier alpha value is -1.87. The van der Waals surface area contributed by atoms with Gasteiger partial charge in [-0.3, -0.25) is 4.79 Å². The summed E-state index contributed by atoms with van der Waals surface area (Å²) in [5.41, 5.74) is 4.49. The number of piperidine rings is 1. The normalized spacial score (nSPS) is 18.6. The molecule has 1 aromatic carbocycles. The highest BCUT2D eigenvalue weighted by Crippen LogP contribution is 2.44. The van der Waals surface area contributed by atoms with Gasteiger partial charge in [-0.05, 0) is 42.5 Å². The lowest BCUT2D eigenvalue weighted by Crippen LogP contribution is -2.47. The van der Waals surface area contributed by atoms with E-state index in [2.05, 4.69) is 9.88 Å². The van der Waals surface area contributed by atoms with Crippen LogP contribution in [0.4, 0.5) is 4.39 Å². The Morgan fingerprint density at radius 3 is 2.94 bits per heavy atom. The fraction of sp³-hybridized carbons (Fsp3) is 0.583. The molecule has 0 bridgehead atoms. The summed E-state index contributed by atoms with van der Waals surface area (Å²) < 4.78 is 25.2. The number of ether oxygens (including phenoxy) is 2. The van der Waals surface area contributed by atoms with E-state index in [0.717, 1.165) is 49.2 Å². The Labute approximate surface area is 193 Å². The molecule has 8 heteroatoms. The van der Waals surface area contributed by atoms with E-state index in [1.54, 1.807) is 24.5 Å². The Morgan fingerprint density at radius 1 is 1.41 bits per heavy atom. The first-order valence-electron chi connectivity index (χ1n) is 11.3. The summed E-state index contributed by atoms with van der Waals surface area (Å²) in [4.78, 5) is 21.8. The molecule has 3 heterocycles. The quantitative estimate of drug-likeness (QED) is 0.536. The first kappa shape index (κ1) is 23.3. The van der Waals surface area contributed by atoms with Gasteiger partial charge in [-0.25, -0.2) is 9.37 Å². The van der Waals surface area contributed by atoms with Gasteiger partial charge in [0.05, 0.1) is 29.3 Å². The molecule has 32 heavy (non-hydrogen) atoms. The van der Waals surface area contributed by atoms with Crippen LogP contribution in [0, 0.1) is 11.7 Å². The molecule has 1 spiro atoms. The predicted molar refractivity (Wildman–Crippen MR) is 122 cm³/mol. The van der Waals surface area contributed by atoms with Crippen LogP contribution in [0.5, 0.6) is 0 Å². The molecule has 0 aliphatic carbocycles. The van der Waals surface area contributed by atoms with Gasteiger partial charge in [0.25, 0.3) is 0 Å². The second-order valence-electron chi connectivity index (χ2n) is 8.87. The maximum absolute atomic E-state index is 13.9. The molecule has 0 N–H and O–H groups in total. The third-order valence-electron chi connectivity index (χ3n) is 6.72. The minimum Gasteiger partial charge on any atom is -0.385 e. The van der Waals surface area contributed by atoms with Crippen LogP contribution in [-0.2, 0) is 32.9 Å². The van der Waals surface area contributed by atoms with Crippen LogP contribution in [0.2, 0.25) is 0 Å². The van der Waals surface area contributed by atoms with Gasteiger partial charge in [0.15, 0.2) is 0 Å². The van der Waals surface area contributed by atoms with Crippen molar-refractivity contribution in [2.45, 2.75) is 37.9 Å². The lowest BCUT2D eigenvalue weighted by molar-refractivity contribution is -0.135.